The second-order valence-corrected chi connectivity index (χ2v) is 3.95. The molecule has 4 heteroatoms. The van der Waals surface area contributed by atoms with Crippen LogP contribution < -0.4 is 10.5 Å². The Morgan fingerprint density at radius 1 is 1.44 bits per heavy atom. The number of nitrogens with zero attached hydrogens (tertiary/aromatic N) is 1. The van der Waals surface area contributed by atoms with Gasteiger partial charge in [0, 0.05) is 24.7 Å². The number of para-hydroxylation sites is 1. The zero-order valence-corrected chi connectivity index (χ0v) is 9.89. The van der Waals surface area contributed by atoms with Crippen LogP contribution in [-0.4, -0.2) is 43.4 Å². The number of aliphatic hydroxyl groups is 1. The molecule has 0 aromatic heterocycles. The second-order valence-electron chi connectivity index (χ2n) is 3.95. The molecule has 0 heterocycles. The van der Waals surface area contributed by atoms with Crippen LogP contribution in [0, 0.1) is 0 Å². The topological polar surface area (TPSA) is 58.7 Å². The lowest BCUT2D eigenvalue weighted by molar-refractivity contribution is 0.217. The maximum Gasteiger partial charge on any atom is 0.123 e. The highest BCUT2D eigenvalue weighted by atomic mass is 16.5. The van der Waals surface area contributed by atoms with Gasteiger partial charge in [0.15, 0.2) is 0 Å². The van der Waals surface area contributed by atoms with Gasteiger partial charge in [-0.05, 0) is 13.1 Å². The van der Waals surface area contributed by atoms with Crippen LogP contribution in [0.3, 0.4) is 0 Å². The van der Waals surface area contributed by atoms with Gasteiger partial charge in [-0.15, -0.1) is 0 Å². The Hall–Kier alpha value is -1.10. The van der Waals surface area contributed by atoms with Crippen molar-refractivity contribution in [2.75, 3.05) is 27.3 Å². The van der Waals surface area contributed by atoms with E-state index in [2.05, 4.69) is 4.90 Å². The molecule has 0 aliphatic carbocycles. The molecule has 0 spiro atoms. The van der Waals surface area contributed by atoms with Crippen LogP contribution >= 0.6 is 0 Å². The van der Waals surface area contributed by atoms with Gasteiger partial charge in [0.05, 0.1) is 13.7 Å². The molecule has 0 saturated heterocycles. The van der Waals surface area contributed by atoms with E-state index in [0.717, 1.165) is 17.9 Å². The molecule has 0 bridgehead atoms. The summed E-state index contributed by atoms with van der Waals surface area (Å²) in [5.41, 5.74) is 6.80. The van der Waals surface area contributed by atoms with Crippen LogP contribution in [0.5, 0.6) is 5.75 Å². The van der Waals surface area contributed by atoms with E-state index in [1.54, 1.807) is 7.11 Å². The standard InChI is InChI=1S/C12H20N2O2/c1-14(8-11(13)9-15)7-10-5-3-4-6-12(10)16-2/h3-6,11,15H,7-9,13H2,1-2H3. The minimum Gasteiger partial charge on any atom is -0.496 e. The van der Waals surface area contributed by atoms with Gasteiger partial charge in [-0.3, -0.25) is 0 Å². The van der Waals surface area contributed by atoms with Gasteiger partial charge in [0.2, 0.25) is 0 Å². The molecule has 0 saturated carbocycles. The van der Waals surface area contributed by atoms with E-state index in [0.29, 0.717) is 6.54 Å². The Kier molecular flexibility index (Phi) is 5.25. The van der Waals surface area contributed by atoms with Crippen molar-refractivity contribution in [3.05, 3.63) is 29.8 Å². The number of hydrogen-bond acceptors (Lipinski definition) is 4. The summed E-state index contributed by atoms with van der Waals surface area (Å²) in [5.74, 6) is 0.881. The van der Waals surface area contributed by atoms with Gasteiger partial charge in [-0.25, -0.2) is 0 Å². The molecule has 0 aliphatic heterocycles. The van der Waals surface area contributed by atoms with Gasteiger partial charge in [0.25, 0.3) is 0 Å². The van der Waals surface area contributed by atoms with Crippen molar-refractivity contribution in [3.63, 3.8) is 0 Å². The summed E-state index contributed by atoms with van der Waals surface area (Å²) in [6.07, 6.45) is 0. The molecule has 0 amide bonds. The first-order chi connectivity index (χ1) is 7.67. The molecule has 1 aromatic rings. The molecule has 0 radical (unpaired) electrons. The first-order valence-corrected chi connectivity index (χ1v) is 5.34. The third-order valence-corrected chi connectivity index (χ3v) is 2.41. The SMILES string of the molecule is COc1ccccc1CN(C)CC(N)CO. The Bertz CT molecular complexity index is 318. The summed E-state index contributed by atoms with van der Waals surface area (Å²) in [6, 6.07) is 7.70. The quantitative estimate of drug-likeness (QED) is 0.736. The molecular weight excluding hydrogens is 204 g/mol. The zero-order chi connectivity index (χ0) is 12.0. The maximum absolute atomic E-state index is 8.87. The monoisotopic (exact) mass is 224 g/mol. The van der Waals surface area contributed by atoms with Gasteiger partial charge in [0.1, 0.15) is 5.75 Å². The van der Waals surface area contributed by atoms with E-state index in [1.165, 1.54) is 0 Å². The van der Waals surface area contributed by atoms with Crippen LogP contribution in [0.25, 0.3) is 0 Å². The zero-order valence-electron chi connectivity index (χ0n) is 9.89. The number of benzene rings is 1. The van der Waals surface area contributed by atoms with E-state index in [9.17, 15) is 0 Å². The molecule has 1 rings (SSSR count). The summed E-state index contributed by atoms with van der Waals surface area (Å²) in [5, 5.41) is 8.87. The number of likely N-dealkylation sites (N-methyl/N-ethyl adjacent to an activating group) is 1. The predicted octanol–water partition coefficient (Wildman–Crippen LogP) is 0.447. The van der Waals surface area contributed by atoms with Crippen LogP contribution in [-0.2, 0) is 6.54 Å². The minimum atomic E-state index is -0.195. The van der Waals surface area contributed by atoms with E-state index in [4.69, 9.17) is 15.6 Å². The molecule has 0 fully saturated rings. The molecule has 3 N–H and O–H groups in total. The summed E-state index contributed by atoms with van der Waals surface area (Å²) in [7, 11) is 3.64. The summed E-state index contributed by atoms with van der Waals surface area (Å²) in [4.78, 5) is 2.07. The van der Waals surface area contributed by atoms with Crippen molar-refractivity contribution in [2.24, 2.45) is 5.73 Å². The highest BCUT2D eigenvalue weighted by Gasteiger charge is 2.08. The highest BCUT2D eigenvalue weighted by Crippen LogP contribution is 2.18. The van der Waals surface area contributed by atoms with Gasteiger partial charge < -0.3 is 20.5 Å². The smallest absolute Gasteiger partial charge is 0.123 e. The summed E-state index contributed by atoms with van der Waals surface area (Å²) in [6.45, 7) is 1.43. The lowest BCUT2D eigenvalue weighted by Gasteiger charge is -2.21. The van der Waals surface area contributed by atoms with Crippen LogP contribution in [0.1, 0.15) is 5.56 Å². The minimum absolute atomic E-state index is 0.0102. The fourth-order valence-corrected chi connectivity index (χ4v) is 1.65. The molecule has 16 heavy (non-hydrogen) atoms. The van der Waals surface area contributed by atoms with Crippen molar-refractivity contribution >= 4 is 0 Å². The number of rotatable bonds is 6. The van der Waals surface area contributed by atoms with E-state index < -0.39 is 0 Å². The molecule has 0 aliphatic rings. The predicted molar refractivity (Wildman–Crippen MR) is 64.4 cm³/mol. The molecule has 1 atom stereocenters. The lowest BCUT2D eigenvalue weighted by atomic mass is 10.2. The summed E-state index contributed by atoms with van der Waals surface area (Å²) < 4.78 is 5.27. The van der Waals surface area contributed by atoms with Crippen LogP contribution in [0.4, 0.5) is 0 Å². The third kappa shape index (κ3) is 3.81. The number of ether oxygens (including phenoxy) is 1. The van der Waals surface area contributed by atoms with Crippen LogP contribution in [0.15, 0.2) is 24.3 Å². The van der Waals surface area contributed by atoms with E-state index in [-0.39, 0.29) is 12.6 Å². The van der Waals surface area contributed by atoms with Gasteiger partial charge >= 0.3 is 0 Å². The van der Waals surface area contributed by atoms with Gasteiger partial charge in [-0.2, -0.15) is 0 Å². The van der Waals surface area contributed by atoms with Crippen molar-refractivity contribution in [1.82, 2.24) is 4.90 Å². The largest absolute Gasteiger partial charge is 0.496 e. The Balaban J connectivity index is 2.58. The highest BCUT2D eigenvalue weighted by molar-refractivity contribution is 5.32. The lowest BCUT2D eigenvalue weighted by Crippen LogP contribution is -2.37. The van der Waals surface area contributed by atoms with E-state index >= 15 is 0 Å². The fraction of sp³-hybridized carbons (Fsp3) is 0.500. The van der Waals surface area contributed by atoms with E-state index in [1.807, 2.05) is 31.3 Å². The second kappa shape index (κ2) is 6.48. The van der Waals surface area contributed by atoms with Crippen LogP contribution in [0.2, 0.25) is 0 Å². The number of methoxy groups -OCH3 is 1. The summed E-state index contributed by atoms with van der Waals surface area (Å²) >= 11 is 0. The Morgan fingerprint density at radius 2 is 2.12 bits per heavy atom. The normalized spacial score (nSPS) is 12.8. The number of aliphatic hydroxyl groups excluding tert-OH is 1. The average molecular weight is 224 g/mol. The first kappa shape index (κ1) is 13.0. The van der Waals surface area contributed by atoms with Crippen molar-refractivity contribution in [3.8, 4) is 5.75 Å². The maximum atomic E-state index is 8.87. The van der Waals surface area contributed by atoms with Crippen molar-refractivity contribution < 1.29 is 9.84 Å². The Morgan fingerprint density at radius 3 is 2.75 bits per heavy atom. The third-order valence-electron chi connectivity index (χ3n) is 2.41. The van der Waals surface area contributed by atoms with Crippen molar-refractivity contribution in [1.29, 1.82) is 0 Å². The van der Waals surface area contributed by atoms with Crippen molar-refractivity contribution in [2.45, 2.75) is 12.6 Å². The molecule has 4 nitrogen and oxygen atoms in total. The fourth-order valence-electron chi connectivity index (χ4n) is 1.65. The molecule has 1 aromatic carbocycles. The molecule has 90 valence electrons. The molecule has 1 unspecified atom stereocenters. The number of hydrogen-bond donors (Lipinski definition) is 2. The first-order valence-electron chi connectivity index (χ1n) is 5.34. The molecular formula is C12H20N2O2. The Labute approximate surface area is 96.6 Å². The van der Waals surface area contributed by atoms with Gasteiger partial charge in [-0.1, -0.05) is 18.2 Å². The number of nitrogens with two attached hydrogens (primary N) is 1. The average Bonchev–Trinajstić information content (AvgIpc) is 2.29.